The highest BCUT2D eigenvalue weighted by atomic mass is 32.1. The Hall–Kier alpha value is -2.34. The summed E-state index contributed by atoms with van der Waals surface area (Å²) in [5, 5.41) is 3.87. The Balaban J connectivity index is 1.98. The zero-order valence-electron chi connectivity index (χ0n) is 9.37. The van der Waals surface area contributed by atoms with E-state index in [9.17, 15) is 0 Å². The van der Waals surface area contributed by atoms with Gasteiger partial charge in [0.15, 0.2) is 10.9 Å². The molecule has 0 saturated carbocycles. The molecule has 3 N–H and O–H groups in total. The largest absolute Gasteiger partial charge is 0.426 e. The van der Waals surface area contributed by atoms with Gasteiger partial charge in [-0.1, -0.05) is 18.2 Å². The Kier molecular flexibility index (Phi) is 3.93. The van der Waals surface area contributed by atoms with Crippen LogP contribution in [0, 0.1) is 0 Å². The third-order valence-electron chi connectivity index (χ3n) is 1.93. The molecule has 0 amide bonds. The van der Waals surface area contributed by atoms with Crippen LogP contribution in [0.5, 0.6) is 11.7 Å². The summed E-state index contributed by atoms with van der Waals surface area (Å²) in [4.78, 5) is 0. The minimum absolute atomic E-state index is 0.0959. The van der Waals surface area contributed by atoms with E-state index in [2.05, 4.69) is 22.7 Å². The van der Waals surface area contributed by atoms with Crippen LogP contribution < -0.4 is 15.9 Å². The molecular formula is C12H11N3O2S. The van der Waals surface area contributed by atoms with Crippen LogP contribution in [0.3, 0.4) is 0 Å². The summed E-state index contributed by atoms with van der Waals surface area (Å²) in [6, 6.07) is 12.8. The fourth-order valence-electron chi connectivity index (χ4n) is 1.22. The maximum atomic E-state index is 5.49. The second-order valence-corrected chi connectivity index (χ2v) is 3.75. The van der Waals surface area contributed by atoms with Gasteiger partial charge in [-0.05, 0) is 30.4 Å². The monoisotopic (exact) mass is 261 g/mol. The van der Waals surface area contributed by atoms with Crippen molar-refractivity contribution in [2.75, 3.05) is 0 Å². The number of hydrogen-bond acceptors (Lipinski definition) is 4. The smallest absolute Gasteiger partial charge is 0.290 e. The molecule has 0 fully saturated rings. The van der Waals surface area contributed by atoms with Crippen LogP contribution in [0.4, 0.5) is 0 Å². The molecule has 0 unspecified atom stereocenters. The summed E-state index contributed by atoms with van der Waals surface area (Å²) in [6.07, 6.45) is 1.46. The van der Waals surface area contributed by atoms with Crippen LogP contribution in [0.25, 0.3) is 0 Å². The molecule has 0 bridgehead atoms. The standard InChI is InChI=1S/C12H11N3O2S/c13-12(18)15-14-8-10-6-7-11(17-10)16-9-4-2-1-3-5-9/h1-8H,(H3,13,15,18)/b14-8+. The van der Waals surface area contributed by atoms with Crippen LogP contribution in [-0.2, 0) is 0 Å². The molecule has 0 spiro atoms. The van der Waals surface area contributed by atoms with E-state index in [0.29, 0.717) is 17.5 Å². The summed E-state index contributed by atoms with van der Waals surface area (Å²) in [6.45, 7) is 0. The van der Waals surface area contributed by atoms with E-state index in [1.54, 1.807) is 12.1 Å². The summed E-state index contributed by atoms with van der Waals surface area (Å²) < 4.78 is 10.9. The number of ether oxygens (including phenoxy) is 1. The highest BCUT2D eigenvalue weighted by Gasteiger charge is 2.02. The molecule has 0 saturated heterocycles. The minimum Gasteiger partial charge on any atom is -0.426 e. The number of thiocarbonyl (C=S) groups is 1. The number of nitrogens with two attached hydrogens (primary N) is 1. The molecule has 0 aliphatic carbocycles. The molecule has 0 aliphatic rings. The molecular weight excluding hydrogens is 250 g/mol. The van der Waals surface area contributed by atoms with Crippen molar-refractivity contribution in [3.63, 3.8) is 0 Å². The number of hydrogen-bond donors (Lipinski definition) is 2. The Bertz CT molecular complexity index is 551. The molecule has 1 heterocycles. The second kappa shape index (κ2) is 5.83. The number of benzene rings is 1. The fourth-order valence-corrected chi connectivity index (χ4v) is 1.28. The SMILES string of the molecule is NC(=S)N/N=C/c1ccc(Oc2ccccc2)o1. The maximum absolute atomic E-state index is 5.49. The fraction of sp³-hybridized carbons (Fsp3) is 0. The van der Waals surface area contributed by atoms with Crippen molar-refractivity contribution in [2.45, 2.75) is 0 Å². The molecule has 1 aromatic heterocycles. The van der Waals surface area contributed by atoms with Gasteiger partial charge in [-0.15, -0.1) is 0 Å². The van der Waals surface area contributed by atoms with Crippen molar-refractivity contribution >= 4 is 23.5 Å². The van der Waals surface area contributed by atoms with E-state index in [4.69, 9.17) is 14.9 Å². The number of hydrazone groups is 1. The lowest BCUT2D eigenvalue weighted by Gasteiger charge is -1.99. The van der Waals surface area contributed by atoms with Crippen molar-refractivity contribution in [2.24, 2.45) is 10.8 Å². The van der Waals surface area contributed by atoms with Crippen LogP contribution >= 0.6 is 12.2 Å². The van der Waals surface area contributed by atoms with E-state index in [0.717, 1.165) is 0 Å². The average Bonchev–Trinajstić information content (AvgIpc) is 2.78. The predicted molar refractivity (Wildman–Crippen MR) is 72.7 cm³/mol. The molecule has 0 aliphatic heterocycles. The van der Waals surface area contributed by atoms with E-state index < -0.39 is 0 Å². The van der Waals surface area contributed by atoms with E-state index in [1.807, 2.05) is 30.3 Å². The van der Waals surface area contributed by atoms with Gasteiger partial charge in [0, 0.05) is 6.07 Å². The summed E-state index contributed by atoms with van der Waals surface area (Å²) in [5.74, 6) is 1.62. The van der Waals surface area contributed by atoms with E-state index >= 15 is 0 Å². The van der Waals surface area contributed by atoms with Gasteiger partial charge < -0.3 is 14.9 Å². The third kappa shape index (κ3) is 3.60. The molecule has 2 aromatic rings. The first-order valence-corrected chi connectivity index (χ1v) is 5.56. The van der Waals surface area contributed by atoms with Crippen molar-refractivity contribution in [1.29, 1.82) is 0 Å². The zero-order chi connectivity index (χ0) is 12.8. The Morgan fingerprint density at radius 1 is 1.28 bits per heavy atom. The third-order valence-corrected chi connectivity index (χ3v) is 2.02. The first kappa shape index (κ1) is 12.1. The highest BCUT2D eigenvalue weighted by molar-refractivity contribution is 7.80. The topological polar surface area (TPSA) is 72.8 Å². The molecule has 6 heteroatoms. The van der Waals surface area contributed by atoms with Crippen molar-refractivity contribution < 1.29 is 9.15 Å². The lowest BCUT2D eigenvalue weighted by molar-refractivity contribution is 0.345. The lowest BCUT2D eigenvalue weighted by Crippen LogP contribution is -2.23. The molecule has 18 heavy (non-hydrogen) atoms. The van der Waals surface area contributed by atoms with Crippen LogP contribution in [0.2, 0.25) is 0 Å². The molecule has 92 valence electrons. The molecule has 0 atom stereocenters. The normalized spacial score (nSPS) is 10.4. The van der Waals surface area contributed by atoms with Gasteiger partial charge in [0.05, 0.1) is 6.21 Å². The highest BCUT2D eigenvalue weighted by Crippen LogP contribution is 2.22. The van der Waals surface area contributed by atoms with Crippen LogP contribution in [0.15, 0.2) is 52.0 Å². The molecule has 5 nitrogen and oxygen atoms in total. The number of nitrogens with zero attached hydrogens (tertiary/aromatic N) is 1. The summed E-state index contributed by atoms with van der Waals surface area (Å²) >= 11 is 4.60. The Morgan fingerprint density at radius 3 is 2.78 bits per heavy atom. The first-order chi connectivity index (χ1) is 8.74. The second-order valence-electron chi connectivity index (χ2n) is 3.31. The van der Waals surface area contributed by atoms with E-state index in [1.165, 1.54) is 6.21 Å². The number of furan rings is 1. The van der Waals surface area contributed by atoms with Gasteiger partial charge in [0.2, 0.25) is 0 Å². The summed E-state index contributed by atoms with van der Waals surface area (Å²) in [7, 11) is 0. The van der Waals surface area contributed by atoms with Gasteiger partial charge >= 0.3 is 0 Å². The van der Waals surface area contributed by atoms with Gasteiger partial charge in [0.1, 0.15) is 5.75 Å². The van der Waals surface area contributed by atoms with E-state index in [-0.39, 0.29) is 5.11 Å². The van der Waals surface area contributed by atoms with Gasteiger partial charge in [-0.2, -0.15) is 5.10 Å². The maximum Gasteiger partial charge on any atom is 0.290 e. The first-order valence-electron chi connectivity index (χ1n) is 5.15. The number of nitrogens with one attached hydrogen (secondary N) is 1. The summed E-state index contributed by atoms with van der Waals surface area (Å²) in [5.41, 5.74) is 7.65. The van der Waals surface area contributed by atoms with Crippen LogP contribution in [0.1, 0.15) is 5.76 Å². The van der Waals surface area contributed by atoms with Crippen molar-refractivity contribution in [3.8, 4) is 11.7 Å². The molecule has 0 radical (unpaired) electrons. The van der Waals surface area contributed by atoms with Gasteiger partial charge in [-0.25, -0.2) is 0 Å². The van der Waals surface area contributed by atoms with Crippen molar-refractivity contribution in [1.82, 2.24) is 5.43 Å². The Morgan fingerprint density at radius 2 is 2.06 bits per heavy atom. The van der Waals surface area contributed by atoms with Gasteiger partial charge in [0.25, 0.3) is 5.95 Å². The zero-order valence-corrected chi connectivity index (χ0v) is 10.2. The lowest BCUT2D eigenvalue weighted by atomic mass is 10.3. The number of para-hydroxylation sites is 1. The van der Waals surface area contributed by atoms with Crippen molar-refractivity contribution in [3.05, 3.63) is 48.2 Å². The molecule has 1 aromatic carbocycles. The minimum atomic E-state index is 0.0959. The quantitative estimate of drug-likeness (QED) is 0.501. The van der Waals surface area contributed by atoms with Gasteiger partial charge in [-0.3, -0.25) is 5.43 Å². The number of rotatable bonds is 4. The van der Waals surface area contributed by atoms with Crippen LogP contribution in [-0.4, -0.2) is 11.3 Å². The average molecular weight is 261 g/mol. The predicted octanol–water partition coefficient (Wildman–Crippen LogP) is 2.24. The molecule has 2 rings (SSSR count). The Labute approximate surface area is 109 Å².